The molecule has 0 N–H and O–H groups in total. The number of oxime groups is 4. The van der Waals surface area contributed by atoms with Gasteiger partial charge in [-0.05, 0) is 24.3 Å². The molecule has 22 heteroatoms. The molecular formula is C38H42N6O16. The second-order valence-electron chi connectivity index (χ2n) is 13.3. The summed E-state index contributed by atoms with van der Waals surface area (Å²) in [5.74, 6) is -2.43. The molecule has 7 heterocycles. The smallest absolute Gasteiger partial charge is 0.350 e. The molecule has 0 spiro atoms. The Kier molecular flexibility index (Phi) is 14.9. The number of carbonyl (C=O) groups is 4. The van der Waals surface area contributed by atoms with E-state index in [1.807, 2.05) is 0 Å². The van der Waals surface area contributed by atoms with Crippen LogP contribution in [-0.4, -0.2) is 160 Å². The Morgan fingerprint density at radius 3 is 0.833 bits per heavy atom. The lowest BCUT2D eigenvalue weighted by Gasteiger charge is -2.10. The van der Waals surface area contributed by atoms with Crippen molar-refractivity contribution in [1.29, 1.82) is 0 Å². The van der Waals surface area contributed by atoms with Crippen molar-refractivity contribution in [2.45, 2.75) is 50.1 Å². The summed E-state index contributed by atoms with van der Waals surface area (Å²) in [6, 6.07) is 10.3. The standard InChI is InChI=1S/C38H42N6O16/c45-35-31-19-27(41-57-31)23-3-1-4-24(39-23)28-20-32(58-42-28)36(46)54-16-12-50-8-10-52-14-18-56-38(48)34-22-30(44-60-34)26-6-2-5-25(40-26)29-21-33(59-43-29)37(47)55-17-13-51-9-7-49-11-15-53-35/h1-6,31-34H,7-22H2/t31-,32-,33-,34-/m1/s1. The molecule has 2 aromatic heterocycles. The van der Waals surface area contributed by atoms with Gasteiger partial charge in [0.05, 0.1) is 75.6 Å². The SMILES string of the molecule is O=C1OCCOCCOCCOC(=O)[C@H]2CC(=NO2)c2cccc(n2)C2=NO[C@H](C2)C(=O)OCCOCCOCCOC(=O)[C@H]2CC(=NO2)c2cccc(n2)C2=NO[C@@H]1C2. The van der Waals surface area contributed by atoms with Crippen molar-refractivity contribution < 1.29 is 76.4 Å². The van der Waals surface area contributed by atoms with Crippen LogP contribution in [0.25, 0.3) is 0 Å². The second-order valence-corrected chi connectivity index (χ2v) is 13.3. The van der Waals surface area contributed by atoms with Gasteiger partial charge >= 0.3 is 23.9 Å². The molecule has 0 aromatic carbocycles. The lowest BCUT2D eigenvalue weighted by Crippen LogP contribution is -2.26. The molecule has 0 amide bonds. The maximum Gasteiger partial charge on any atom is 0.350 e. The van der Waals surface area contributed by atoms with Crippen molar-refractivity contribution in [1.82, 2.24) is 9.97 Å². The average Bonchev–Trinajstić information content (AvgIpc) is 4.12. The number of nitrogens with zero attached hydrogens (tertiary/aromatic N) is 6. The van der Waals surface area contributed by atoms with Crippen molar-refractivity contribution in [2.75, 3.05) is 79.3 Å². The number of pyridine rings is 2. The number of fused-ring (bicyclic) bond motifs is 16. The van der Waals surface area contributed by atoms with Gasteiger partial charge in [0.1, 0.15) is 49.3 Å². The third-order valence-corrected chi connectivity index (χ3v) is 9.04. The van der Waals surface area contributed by atoms with E-state index in [1.165, 1.54) is 0 Å². The van der Waals surface area contributed by atoms with Gasteiger partial charge in [0.25, 0.3) is 0 Å². The van der Waals surface area contributed by atoms with Crippen LogP contribution in [0.4, 0.5) is 0 Å². The molecule has 0 unspecified atom stereocenters. The highest BCUT2D eigenvalue weighted by Gasteiger charge is 2.35. The van der Waals surface area contributed by atoms with Crippen molar-refractivity contribution in [2.24, 2.45) is 20.6 Å². The van der Waals surface area contributed by atoms with E-state index < -0.39 is 48.3 Å². The van der Waals surface area contributed by atoms with Crippen LogP contribution in [0.1, 0.15) is 48.5 Å². The molecule has 7 rings (SSSR count). The molecule has 0 radical (unpaired) electrons. The van der Waals surface area contributed by atoms with Gasteiger partial charge < -0.3 is 57.2 Å². The molecule has 0 aliphatic carbocycles. The van der Waals surface area contributed by atoms with Crippen LogP contribution >= 0.6 is 0 Å². The van der Waals surface area contributed by atoms with Crippen molar-refractivity contribution in [3.05, 3.63) is 59.2 Å². The van der Waals surface area contributed by atoms with Crippen LogP contribution in [0.3, 0.4) is 0 Å². The fourth-order valence-electron chi connectivity index (χ4n) is 5.95. The number of rotatable bonds is 0. The lowest BCUT2D eigenvalue weighted by atomic mass is 10.1. The fourth-order valence-corrected chi connectivity index (χ4v) is 5.95. The summed E-state index contributed by atoms with van der Waals surface area (Å²) < 4.78 is 43.0. The van der Waals surface area contributed by atoms with E-state index in [-0.39, 0.29) is 105 Å². The van der Waals surface area contributed by atoms with Gasteiger partial charge in [-0.1, -0.05) is 32.8 Å². The number of hydrogen-bond donors (Lipinski definition) is 0. The molecule has 12 bridgehead atoms. The van der Waals surface area contributed by atoms with Gasteiger partial charge in [-0.3, -0.25) is 0 Å². The number of ether oxygens (including phenoxy) is 8. The normalized spacial score (nSPS) is 25.6. The first-order valence-electron chi connectivity index (χ1n) is 19.2. The van der Waals surface area contributed by atoms with Crippen LogP contribution in [0.5, 0.6) is 0 Å². The first kappa shape index (κ1) is 42.0. The molecule has 0 fully saturated rings. The average molecular weight is 839 g/mol. The highest BCUT2D eigenvalue weighted by molar-refractivity contribution is 6.06. The van der Waals surface area contributed by atoms with E-state index in [4.69, 9.17) is 57.2 Å². The third-order valence-electron chi connectivity index (χ3n) is 9.04. The maximum absolute atomic E-state index is 12.6. The predicted molar refractivity (Wildman–Crippen MR) is 200 cm³/mol. The van der Waals surface area contributed by atoms with Crippen molar-refractivity contribution in [3.8, 4) is 0 Å². The molecule has 60 heavy (non-hydrogen) atoms. The molecule has 4 atom stereocenters. The summed E-state index contributed by atoms with van der Waals surface area (Å²) in [6.45, 7) is 1.24. The number of aromatic nitrogens is 2. The summed E-state index contributed by atoms with van der Waals surface area (Å²) >= 11 is 0. The molecule has 0 saturated carbocycles. The molecule has 5 aliphatic heterocycles. The Morgan fingerprint density at radius 1 is 0.350 bits per heavy atom. The lowest BCUT2D eigenvalue weighted by molar-refractivity contribution is -0.158. The van der Waals surface area contributed by atoms with Gasteiger partial charge in [-0.2, -0.15) is 0 Å². The maximum atomic E-state index is 12.6. The number of esters is 4. The van der Waals surface area contributed by atoms with Gasteiger partial charge in [-0.15, -0.1) is 0 Å². The zero-order valence-corrected chi connectivity index (χ0v) is 32.3. The zero-order chi connectivity index (χ0) is 41.5. The Morgan fingerprint density at radius 2 is 0.583 bits per heavy atom. The summed E-state index contributed by atoms with van der Waals surface area (Å²) in [5, 5.41) is 16.1. The van der Waals surface area contributed by atoms with Crippen molar-refractivity contribution >= 4 is 46.7 Å². The van der Waals surface area contributed by atoms with E-state index in [0.29, 0.717) is 45.6 Å². The second kappa shape index (κ2) is 21.2. The molecular weight excluding hydrogens is 796 g/mol. The highest BCUT2D eigenvalue weighted by Crippen LogP contribution is 2.22. The quantitative estimate of drug-likeness (QED) is 0.257. The van der Waals surface area contributed by atoms with E-state index in [2.05, 4.69) is 30.6 Å². The molecule has 0 saturated heterocycles. The van der Waals surface area contributed by atoms with Gasteiger partial charge in [0.15, 0.2) is 0 Å². The van der Waals surface area contributed by atoms with E-state index >= 15 is 0 Å². The van der Waals surface area contributed by atoms with Crippen LogP contribution < -0.4 is 0 Å². The Balaban J connectivity index is 0.873. The number of cyclic esters (lactones) is 4. The molecule has 22 nitrogen and oxygen atoms in total. The monoisotopic (exact) mass is 838 g/mol. The zero-order valence-electron chi connectivity index (χ0n) is 32.3. The van der Waals surface area contributed by atoms with Crippen LogP contribution in [0.15, 0.2) is 57.0 Å². The summed E-state index contributed by atoms with van der Waals surface area (Å²) in [5.41, 5.74) is 3.59. The molecule has 5 aliphatic rings. The Bertz CT molecular complexity index is 1720. The molecule has 320 valence electrons. The van der Waals surface area contributed by atoms with E-state index in [0.717, 1.165) is 0 Å². The fraction of sp³-hybridized carbons (Fsp3) is 0.526. The number of hydrogen-bond acceptors (Lipinski definition) is 22. The minimum atomic E-state index is -0.952. The van der Waals surface area contributed by atoms with Crippen LogP contribution in [0, 0.1) is 0 Å². The molecule has 2 aromatic rings. The summed E-state index contributed by atoms with van der Waals surface area (Å²) in [4.78, 5) is 80.8. The van der Waals surface area contributed by atoms with E-state index in [1.54, 1.807) is 36.4 Å². The van der Waals surface area contributed by atoms with Crippen molar-refractivity contribution in [3.63, 3.8) is 0 Å². The first-order valence-corrected chi connectivity index (χ1v) is 19.2. The Labute approximate surface area is 342 Å². The summed E-state index contributed by atoms with van der Waals surface area (Å²) in [6.07, 6.45) is -3.27. The third kappa shape index (κ3) is 11.5. The minimum absolute atomic E-state index is 0.0177. The van der Waals surface area contributed by atoms with Gasteiger partial charge in [0.2, 0.25) is 24.4 Å². The topological polar surface area (TPSA) is 254 Å². The van der Waals surface area contributed by atoms with Gasteiger partial charge in [-0.25, -0.2) is 29.1 Å². The van der Waals surface area contributed by atoms with Gasteiger partial charge in [0, 0.05) is 25.7 Å². The largest absolute Gasteiger partial charge is 0.460 e. The van der Waals surface area contributed by atoms with Crippen LogP contribution in [-0.2, 0) is 76.4 Å². The Hall–Kier alpha value is -6.10. The number of carbonyl (C=O) groups excluding carboxylic acids is 4. The predicted octanol–water partition coefficient (Wildman–Crippen LogP) is 0.402. The highest BCUT2D eigenvalue weighted by atomic mass is 16.7. The van der Waals surface area contributed by atoms with Crippen LogP contribution in [0.2, 0.25) is 0 Å². The van der Waals surface area contributed by atoms with E-state index in [9.17, 15) is 19.2 Å². The minimum Gasteiger partial charge on any atom is -0.460 e. The first-order chi connectivity index (χ1) is 29.4. The summed E-state index contributed by atoms with van der Waals surface area (Å²) in [7, 11) is 0.